The van der Waals surface area contributed by atoms with E-state index in [0.29, 0.717) is 24.7 Å². The van der Waals surface area contributed by atoms with Crippen LogP contribution in [0.5, 0.6) is 0 Å². The number of carbonyl (C=O) groups is 2. The number of aliphatic carboxylic acids is 1. The Balaban J connectivity index is 1.97. The molecule has 0 aromatic heterocycles. The molecule has 1 atom stereocenters. The Kier molecular flexibility index (Phi) is 4.62. The van der Waals surface area contributed by atoms with Crippen LogP contribution in [0.25, 0.3) is 0 Å². The summed E-state index contributed by atoms with van der Waals surface area (Å²) in [6.45, 7) is 3.35. The van der Waals surface area contributed by atoms with Crippen LogP contribution < -0.4 is 0 Å². The molecule has 6 heteroatoms. The molecule has 5 nitrogen and oxygen atoms in total. The van der Waals surface area contributed by atoms with Crippen LogP contribution in [-0.2, 0) is 16.1 Å². The molecule has 1 N–H and O–H groups in total. The lowest BCUT2D eigenvalue weighted by molar-refractivity contribution is -0.147. The molecular weight excluding hydrogens is 280 g/mol. The molecule has 2 rings (SSSR count). The van der Waals surface area contributed by atoms with E-state index in [-0.39, 0.29) is 12.5 Å². The van der Waals surface area contributed by atoms with Crippen molar-refractivity contribution in [3.63, 3.8) is 0 Å². The number of piperazine rings is 1. The van der Waals surface area contributed by atoms with Crippen molar-refractivity contribution in [2.75, 3.05) is 19.6 Å². The molecule has 1 aromatic rings. The van der Waals surface area contributed by atoms with Gasteiger partial charge >= 0.3 is 5.97 Å². The standard InChI is InChI=1S/C14H17ClN2O3/c1-10(14(19)20)16-5-6-17(13(18)9-16)8-11-3-2-4-12(15)7-11/h2-4,7,10H,5-6,8-9H2,1H3,(H,19,20). The number of carboxylic acids is 1. The Morgan fingerprint density at radius 3 is 2.80 bits per heavy atom. The van der Waals surface area contributed by atoms with E-state index in [1.54, 1.807) is 22.8 Å². The number of hydrogen-bond donors (Lipinski definition) is 1. The van der Waals surface area contributed by atoms with Gasteiger partial charge in [0.05, 0.1) is 6.54 Å². The highest BCUT2D eigenvalue weighted by Crippen LogP contribution is 2.15. The molecule has 0 bridgehead atoms. The Bertz CT molecular complexity index is 521. The van der Waals surface area contributed by atoms with Crippen molar-refractivity contribution in [1.82, 2.24) is 9.80 Å². The average molecular weight is 297 g/mol. The number of carbonyl (C=O) groups excluding carboxylic acids is 1. The van der Waals surface area contributed by atoms with Gasteiger partial charge in [0.15, 0.2) is 0 Å². The average Bonchev–Trinajstić information content (AvgIpc) is 2.40. The SMILES string of the molecule is CC(C(=O)O)N1CCN(Cc2cccc(Cl)c2)C(=O)C1. The van der Waals surface area contributed by atoms with Gasteiger partial charge in [-0.25, -0.2) is 0 Å². The smallest absolute Gasteiger partial charge is 0.320 e. The number of hydrogen-bond acceptors (Lipinski definition) is 3. The van der Waals surface area contributed by atoms with Crippen LogP contribution in [-0.4, -0.2) is 52.5 Å². The predicted molar refractivity (Wildman–Crippen MR) is 75.5 cm³/mol. The highest BCUT2D eigenvalue weighted by Gasteiger charge is 2.29. The highest BCUT2D eigenvalue weighted by atomic mass is 35.5. The minimum Gasteiger partial charge on any atom is -0.480 e. The molecule has 1 heterocycles. The van der Waals surface area contributed by atoms with Crippen molar-refractivity contribution in [1.29, 1.82) is 0 Å². The highest BCUT2D eigenvalue weighted by molar-refractivity contribution is 6.30. The maximum atomic E-state index is 12.1. The number of halogens is 1. The van der Waals surface area contributed by atoms with Crippen LogP contribution in [0.3, 0.4) is 0 Å². The van der Waals surface area contributed by atoms with E-state index in [4.69, 9.17) is 16.7 Å². The minimum atomic E-state index is -0.902. The number of nitrogens with zero attached hydrogens (tertiary/aromatic N) is 2. The molecule has 0 aliphatic carbocycles. The molecule has 1 amide bonds. The second kappa shape index (κ2) is 6.24. The van der Waals surface area contributed by atoms with Crippen LogP contribution in [0.1, 0.15) is 12.5 Å². The van der Waals surface area contributed by atoms with Gasteiger partial charge in [0.25, 0.3) is 0 Å². The van der Waals surface area contributed by atoms with E-state index < -0.39 is 12.0 Å². The maximum Gasteiger partial charge on any atom is 0.320 e. The molecule has 1 aliphatic rings. The topological polar surface area (TPSA) is 60.9 Å². The second-order valence-electron chi connectivity index (χ2n) is 4.93. The third-order valence-electron chi connectivity index (χ3n) is 3.52. The van der Waals surface area contributed by atoms with E-state index in [9.17, 15) is 9.59 Å². The van der Waals surface area contributed by atoms with E-state index in [1.807, 2.05) is 18.2 Å². The minimum absolute atomic E-state index is 0.0516. The Morgan fingerprint density at radius 2 is 2.20 bits per heavy atom. The quantitative estimate of drug-likeness (QED) is 0.914. The largest absolute Gasteiger partial charge is 0.480 e. The summed E-state index contributed by atoms with van der Waals surface area (Å²) >= 11 is 5.92. The first-order valence-corrected chi connectivity index (χ1v) is 6.84. The van der Waals surface area contributed by atoms with E-state index >= 15 is 0 Å². The zero-order valence-electron chi connectivity index (χ0n) is 11.3. The van der Waals surface area contributed by atoms with Gasteiger partial charge in [-0.2, -0.15) is 0 Å². The van der Waals surface area contributed by atoms with E-state index in [0.717, 1.165) is 5.56 Å². The summed E-state index contributed by atoms with van der Waals surface area (Å²) in [5.41, 5.74) is 0.977. The molecular formula is C14H17ClN2O3. The van der Waals surface area contributed by atoms with Crippen molar-refractivity contribution >= 4 is 23.5 Å². The fraction of sp³-hybridized carbons (Fsp3) is 0.429. The van der Waals surface area contributed by atoms with Crippen molar-refractivity contribution in [3.05, 3.63) is 34.9 Å². The van der Waals surface area contributed by atoms with Gasteiger partial charge in [-0.15, -0.1) is 0 Å². The fourth-order valence-corrected chi connectivity index (χ4v) is 2.45. The molecule has 0 spiro atoms. The molecule has 1 aliphatic heterocycles. The zero-order valence-corrected chi connectivity index (χ0v) is 12.0. The lowest BCUT2D eigenvalue weighted by Gasteiger charge is -2.36. The van der Waals surface area contributed by atoms with Crippen molar-refractivity contribution in [3.8, 4) is 0 Å². The summed E-state index contributed by atoms with van der Waals surface area (Å²) in [6.07, 6.45) is 0. The van der Waals surface area contributed by atoms with Gasteiger partial charge in [0, 0.05) is 24.7 Å². The summed E-state index contributed by atoms with van der Waals surface area (Å²) in [5.74, 6) is -0.953. The third kappa shape index (κ3) is 3.49. The molecule has 20 heavy (non-hydrogen) atoms. The normalized spacial score (nSPS) is 18.1. The van der Waals surface area contributed by atoms with Crippen molar-refractivity contribution in [2.45, 2.75) is 19.5 Å². The molecule has 1 aromatic carbocycles. The summed E-state index contributed by atoms with van der Waals surface area (Å²) < 4.78 is 0. The molecule has 1 fully saturated rings. The fourth-order valence-electron chi connectivity index (χ4n) is 2.24. The van der Waals surface area contributed by atoms with Crippen LogP contribution in [0, 0.1) is 0 Å². The number of benzene rings is 1. The first kappa shape index (κ1) is 14.8. The second-order valence-corrected chi connectivity index (χ2v) is 5.37. The Morgan fingerprint density at radius 1 is 1.45 bits per heavy atom. The molecule has 108 valence electrons. The Hall–Kier alpha value is -1.59. The molecule has 1 saturated heterocycles. The first-order chi connectivity index (χ1) is 9.47. The number of rotatable bonds is 4. The lowest BCUT2D eigenvalue weighted by Crippen LogP contribution is -2.54. The predicted octanol–water partition coefficient (Wildman–Crippen LogP) is 1.46. The van der Waals surface area contributed by atoms with Crippen LogP contribution in [0.15, 0.2) is 24.3 Å². The van der Waals surface area contributed by atoms with Crippen molar-refractivity contribution < 1.29 is 14.7 Å². The van der Waals surface area contributed by atoms with Gasteiger partial charge in [-0.05, 0) is 24.6 Å². The molecule has 0 saturated carbocycles. The maximum absolute atomic E-state index is 12.1. The third-order valence-corrected chi connectivity index (χ3v) is 3.75. The van der Waals surface area contributed by atoms with Crippen LogP contribution in [0.4, 0.5) is 0 Å². The summed E-state index contributed by atoms with van der Waals surface area (Å²) in [6, 6.07) is 6.77. The first-order valence-electron chi connectivity index (χ1n) is 6.46. The lowest BCUT2D eigenvalue weighted by atomic mass is 10.1. The van der Waals surface area contributed by atoms with Crippen LogP contribution in [0.2, 0.25) is 5.02 Å². The van der Waals surface area contributed by atoms with E-state index in [1.165, 1.54) is 0 Å². The van der Waals surface area contributed by atoms with Crippen LogP contribution >= 0.6 is 11.6 Å². The van der Waals surface area contributed by atoms with Gasteiger partial charge in [0.2, 0.25) is 5.91 Å². The van der Waals surface area contributed by atoms with Crippen molar-refractivity contribution in [2.24, 2.45) is 0 Å². The van der Waals surface area contributed by atoms with Gasteiger partial charge in [-0.1, -0.05) is 23.7 Å². The van der Waals surface area contributed by atoms with Gasteiger partial charge < -0.3 is 10.0 Å². The van der Waals surface area contributed by atoms with Gasteiger partial charge in [-0.3, -0.25) is 14.5 Å². The summed E-state index contributed by atoms with van der Waals surface area (Å²) in [5, 5.41) is 9.62. The zero-order chi connectivity index (χ0) is 14.7. The summed E-state index contributed by atoms with van der Waals surface area (Å²) in [7, 11) is 0. The summed E-state index contributed by atoms with van der Waals surface area (Å²) in [4.78, 5) is 26.4. The number of carboxylic acid groups (broad SMARTS) is 1. The van der Waals surface area contributed by atoms with E-state index in [2.05, 4.69) is 0 Å². The Labute approximate surface area is 122 Å². The molecule has 0 radical (unpaired) electrons. The van der Waals surface area contributed by atoms with Gasteiger partial charge in [0.1, 0.15) is 6.04 Å². The molecule has 1 unspecified atom stereocenters. The monoisotopic (exact) mass is 296 g/mol. The number of amides is 1.